The van der Waals surface area contributed by atoms with E-state index < -0.39 is 0 Å². The van der Waals surface area contributed by atoms with Crippen molar-refractivity contribution in [2.24, 2.45) is 11.8 Å². The van der Waals surface area contributed by atoms with Crippen molar-refractivity contribution in [3.63, 3.8) is 0 Å². The average Bonchev–Trinajstić information content (AvgIpc) is 2.72. The van der Waals surface area contributed by atoms with E-state index in [2.05, 4.69) is 22.6 Å². The zero-order chi connectivity index (χ0) is 15.0. The van der Waals surface area contributed by atoms with Crippen LogP contribution < -0.4 is 4.90 Å². The van der Waals surface area contributed by atoms with Crippen molar-refractivity contribution in [2.45, 2.75) is 25.4 Å². The van der Waals surface area contributed by atoms with Gasteiger partial charge >= 0.3 is 0 Å². The minimum Gasteiger partial charge on any atom is -0.371 e. The number of rotatable bonds is 3. The first-order chi connectivity index (χ1) is 10.1. The first-order valence-corrected chi connectivity index (χ1v) is 8.05. The molecule has 21 heavy (non-hydrogen) atoms. The molecule has 6 heteroatoms. The largest absolute Gasteiger partial charge is 0.371 e. The van der Waals surface area contributed by atoms with Gasteiger partial charge < -0.3 is 9.84 Å². The van der Waals surface area contributed by atoms with E-state index in [0.717, 1.165) is 3.57 Å². The van der Waals surface area contributed by atoms with Gasteiger partial charge in [0.15, 0.2) is 0 Å². The summed E-state index contributed by atoms with van der Waals surface area (Å²) in [6, 6.07) is 7.37. The molecule has 1 aliphatic heterocycles. The fourth-order valence-corrected chi connectivity index (χ4v) is 3.60. The van der Waals surface area contributed by atoms with E-state index in [1.54, 1.807) is 12.1 Å². The van der Waals surface area contributed by atoms with Crippen LogP contribution in [0.25, 0.3) is 0 Å². The normalized spacial score (nSPS) is 28.9. The number of benzene rings is 1. The maximum Gasteiger partial charge on any atom is 0.237 e. The number of imide groups is 1. The number of aliphatic hydroxyl groups is 1. The van der Waals surface area contributed by atoms with Gasteiger partial charge in [0, 0.05) is 3.57 Å². The molecule has 3 unspecified atom stereocenters. The summed E-state index contributed by atoms with van der Waals surface area (Å²) in [5, 5.41) is 8.85. The Morgan fingerprint density at radius 3 is 2.48 bits per heavy atom. The van der Waals surface area contributed by atoms with Crippen molar-refractivity contribution in [2.75, 3.05) is 11.7 Å². The van der Waals surface area contributed by atoms with Gasteiger partial charge in [-0.15, -0.1) is 0 Å². The molecular weight excluding hydrogens is 385 g/mol. The lowest BCUT2D eigenvalue weighted by Crippen LogP contribution is -2.32. The number of amides is 2. The van der Waals surface area contributed by atoms with Crippen molar-refractivity contribution in [1.82, 2.24) is 0 Å². The molecule has 0 bridgehead atoms. The fourth-order valence-electron chi connectivity index (χ4n) is 3.24. The molecule has 2 fully saturated rings. The molecule has 1 aromatic carbocycles. The molecule has 0 spiro atoms. The molecule has 1 aromatic rings. The van der Waals surface area contributed by atoms with E-state index in [4.69, 9.17) is 9.84 Å². The molecule has 0 radical (unpaired) electrons. The number of fused-ring (bicyclic) bond motifs is 1. The van der Waals surface area contributed by atoms with Gasteiger partial charge in [-0.3, -0.25) is 14.5 Å². The smallest absolute Gasteiger partial charge is 0.237 e. The quantitative estimate of drug-likeness (QED) is 0.478. The number of hydrogen-bond acceptors (Lipinski definition) is 4. The third-order valence-corrected chi connectivity index (χ3v) is 4.99. The van der Waals surface area contributed by atoms with Gasteiger partial charge in [-0.25, -0.2) is 0 Å². The van der Waals surface area contributed by atoms with E-state index in [1.807, 2.05) is 12.1 Å². The highest BCUT2D eigenvalue weighted by Crippen LogP contribution is 2.41. The molecule has 2 amide bonds. The van der Waals surface area contributed by atoms with E-state index in [0.29, 0.717) is 24.9 Å². The van der Waals surface area contributed by atoms with Gasteiger partial charge in [0.05, 0.1) is 23.6 Å². The lowest BCUT2D eigenvalue weighted by Gasteiger charge is -2.27. The highest BCUT2D eigenvalue weighted by atomic mass is 127. The molecule has 1 N–H and O–H groups in total. The number of ether oxygens (including phenoxy) is 1. The molecule has 5 nitrogen and oxygen atoms in total. The van der Waals surface area contributed by atoms with Gasteiger partial charge in [0.2, 0.25) is 11.8 Å². The predicted octanol–water partition coefficient (Wildman–Crippen LogP) is 1.92. The molecule has 0 aromatic heterocycles. The minimum absolute atomic E-state index is 0.103. The topological polar surface area (TPSA) is 66.8 Å². The number of anilines is 1. The average molecular weight is 401 g/mol. The van der Waals surface area contributed by atoms with Gasteiger partial charge in [-0.05, 0) is 66.1 Å². The summed E-state index contributed by atoms with van der Waals surface area (Å²) in [6.45, 7) is -0.342. The van der Waals surface area contributed by atoms with Gasteiger partial charge in [-0.1, -0.05) is 0 Å². The van der Waals surface area contributed by atoms with E-state index in [1.165, 1.54) is 4.90 Å². The second-order valence-electron chi connectivity index (χ2n) is 5.43. The van der Waals surface area contributed by atoms with Crippen molar-refractivity contribution in [1.29, 1.82) is 0 Å². The molecule has 112 valence electrons. The Hall–Kier alpha value is -0.990. The minimum atomic E-state index is -0.342. The number of hydrogen-bond donors (Lipinski definition) is 1. The Morgan fingerprint density at radius 1 is 1.14 bits per heavy atom. The summed E-state index contributed by atoms with van der Waals surface area (Å²) in [5.74, 6) is -0.802. The number of halogens is 1. The van der Waals surface area contributed by atoms with Crippen molar-refractivity contribution < 1.29 is 19.4 Å². The van der Waals surface area contributed by atoms with Crippen molar-refractivity contribution in [3.8, 4) is 0 Å². The fraction of sp³-hybridized carbons (Fsp3) is 0.467. The molecule has 1 saturated heterocycles. The van der Waals surface area contributed by atoms with E-state index in [-0.39, 0.29) is 36.5 Å². The Labute approximate surface area is 136 Å². The third-order valence-electron chi connectivity index (χ3n) is 4.27. The lowest BCUT2D eigenvalue weighted by molar-refractivity contribution is -0.127. The summed E-state index contributed by atoms with van der Waals surface area (Å²) in [5.41, 5.74) is 0.638. The van der Waals surface area contributed by atoms with Crippen LogP contribution in [0.15, 0.2) is 24.3 Å². The van der Waals surface area contributed by atoms with Crippen LogP contribution in [0.5, 0.6) is 0 Å². The Balaban J connectivity index is 1.83. The highest BCUT2D eigenvalue weighted by molar-refractivity contribution is 14.1. The molecule has 1 heterocycles. The Morgan fingerprint density at radius 2 is 1.81 bits per heavy atom. The van der Waals surface area contributed by atoms with Crippen LogP contribution in [-0.4, -0.2) is 29.8 Å². The third kappa shape index (κ3) is 2.72. The van der Waals surface area contributed by atoms with Gasteiger partial charge in [-0.2, -0.15) is 0 Å². The zero-order valence-corrected chi connectivity index (χ0v) is 13.5. The van der Waals surface area contributed by atoms with Crippen LogP contribution in [0.4, 0.5) is 5.69 Å². The summed E-state index contributed by atoms with van der Waals surface area (Å²) in [7, 11) is 0. The summed E-state index contributed by atoms with van der Waals surface area (Å²) in [4.78, 5) is 26.4. The first kappa shape index (κ1) is 14.9. The molecule has 1 aliphatic carbocycles. The Bertz CT molecular complexity index is 559. The molecule has 3 rings (SSSR count). The van der Waals surface area contributed by atoms with Crippen LogP contribution >= 0.6 is 22.6 Å². The first-order valence-electron chi connectivity index (χ1n) is 6.97. The molecular formula is C15H16INO4. The number of nitrogens with zero attached hydrogens (tertiary/aromatic N) is 1. The standard InChI is InChI=1S/C15H16INO4/c16-9-1-3-10(4-2-9)17-14(19)12-6-5-11(21-8-18)7-13(12)15(17)20/h1-4,11-13,18H,5-8H2. The van der Waals surface area contributed by atoms with E-state index in [9.17, 15) is 9.59 Å². The van der Waals surface area contributed by atoms with Gasteiger partial charge in [0.1, 0.15) is 6.79 Å². The molecule has 3 atom stereocenters. The van der Waals surface area contributed by atoms with Crippen LogP contribution in [0.2, 0.25) is 0 Å². The second kappa shape index (κ2) is 6.02. The van der Waals surface area contributed by atoms with Crippen LogP contribution in [-0.2, 0) is 14.3 Å². The number of aliphatic hydroxyl groups excluding tert-OH is 1. The maximum absolute atomic E-state index is 12.6. The zero-order valence-electron chi connectivity index (χ0n) is 11.4. The summed E-state index contributed by atoms with van der Waals surface area (Å²) >= 11 is 2.19. The van der Waals surface area contributed by atoms with Crippen molar-refractivity contribution in [3.05, 3.63) is 27.8 Å². The molecule has 1 saturated carbocycles. The van der Waals surface area contributed by atoms with Crippen LogP contribution in [0, 0.1) is 15.4 Å². The van der Waals surface area contributed by atoms with Gasteiger partial charge in [0.25, 0.3) is 0 Å². The highest BCUT2D eigenvalue weighted by Gasteiger charge is 2.50. The Kier molecular flexibility index (Phi) is 4.28. The SMILES string of the molecule is O=C1C2CCC(OCO)CC2C(=O)N1c1ccc(I)cc1. The number of carbonyl (C=O) groups excluding carboxylic acids is 2. The number of carbonyl (C=O) groups is 2. The van der Waals surface area contributed by atoms with Crippen LogP contribution in [0.1, 0.15) is 19.3 Å². The van der Waals surface area contributed by atoms with E-state index >= 15 is 0 Å². The summed E-state index contributed by atoms with van der Waals surface area (Å²) < 4.78 is 6.26. The van der Waals surface area contributed by atoms with Crippen LogP contribution in [0.3, 0.4) is 0 Å². The second-order valence-corrected chi connectivity index (χ2v) is 6.68. The van der Waals surface area contributed by atoms with Crippen molar-refractivity contribution >= 4 is 40.1 Å². The monoisotopic (exact) mass is 401 g/mol. The lowest BCUT2D eigenvalue weighted by atomic mass is 9.79. The summed E-state index contributed by atoms with van der Waals surface area (Å²) in [6.07, 6.45) is 1.73. The molecule has 2 aliphatic rings. The maximum atomic E-state index is 12.6. The predicted molar refractivity (Wildman–Crippen MR) is 84.4 cm³/mol.